The second-order valence-electron chi connectivity index (χ2n) is 8.47. The quantitative estimate of drug-likeness (QED) is 0.642. The number of benzene rings is 1. The lowest BCUT2D eigenvalue weighted by Crippen LogP contribution is -2.47. The Labute approximate surface area is 171 Å². The maximum Gasteiger partial charge on any atom is 0.265 e. The summed E-state index contributed by atoms with van der Waals surface area (Å²) in [6, 6.07) is 12.0. The fraction of sp³-hybridized carbons (Fsp3) is 0.478. The molecule has 29 heavy (non-hydrogen) atoms. The summed E-state index contributed by atoms with van der Waals surface area (Å²) in [5.74, 6) is 1.31. The molecule has 1 atom stereocenters. The molecule has 1 aromatic carbocycles. The first-order valence-corrected chi connectivity index (χ1v) is 10.5. The minimum atomic E-state index is -0.0227. The first-order chi connectivity index (χ1) is 14.0. The van der Waals surface area contributed by atoms with Crippen LogP contribution in [0.3, 0.4) is 0 Å². The van der Waals surface area contributed by atoms with Gasteiger partial charge in [0, 0.05) is 26.2 Å². The van der Waals surface area contributed by atoms with Crippen LogP contribution >= 0.6 is 0 Å². The van der Waals surface area contributed by atoms with E-state index in [-0.39, 0.29) is 11.6 Å². The van der Waals surface area contributed by atoms with Gasteiger partial charge >= 0.3 is 0 Å². The molecular weight excluding hydrogens is 364 g/mol. The van der Waals surface area contributed by atoms with Crippen molar-refractivity contribution in [2.24, 2.45) is 5.92 Å². The molecule has 154 valence electrons. The number of rotatable bonds is 6. The Morgan fingerprint density at radius 2 is 1.79 bits per heavy atom. The van der Waals surface area contributed by atoms with Crippen molar-refractivity contribution < 1.29 is 4.42 Å². The molecule has 0 N–H and O–H groups in total. The summed E-state index contributed by atoms with van der Waals surface area (Å²) in [5, 5.41) is 0.548. The number of likely N-dealkylation sites (N-methyl/N-ethyl adjacent to an activating group) is 1. The number of nitrogens with zero attached hydrogens (tertiary/aromatic N) is 4. The maximum absolute atomic E-state index is 13.4. The van der Waals surface area contributed by atoms with E-state index >= 15 is 0 Å². The van der Waals surface area contributed by atoms with E-state index in [0.29, 0.717) is 23.6 Å². The zero-order chi connectivity index (χ0) is 20.4. The van der Waals surface area contributed by atoms with E-state index in [9.17, 15) is 4.79 Å². The lowest BCUT2D eigenvalue weighted by molar-refractivity contribution is 0.0933. The highest BCUT2D eigenvalue weighted by atomic mass is 16.3. The van der Waals surface area contributed by atoms with Crippen molar-refractivity contribution in [3.05, 3.63) is 64.4 Å². The third kappa shape index (κ3) is 4.28. The molecule has 1 saturated heterocycles. The number of furan rings is 1. The lowest BCUT2D eigenvalue weighted by atomic mass is 10.00. The van der Waals surface area contributed by atoms with Gasteiger partial charge in [-0.3, -0.25) is 14.3 Å². The van der Waals surface area contributed by atoms with Gasteiger partial charge in [0.1, 0.15) is 11.2 Å². The van der Waals surface area contributed by atoms with E-state index in [2.05, 4.69) is 42.8 Å². The molecule has 0 amide bonds. The summed E-state index contributed by atoms with van der Waals surface area (Å²) in [7, 11) is 2.16. The summed E-state index contributed by atoms with van der Waals surface area (Å²) >= 11 is 0. The van der Waals surface area contributed by atoms with Gasteiger partial charge in [-0.15, -0.1) is 0 Å². The Morgan fingerprint density at radius 1 is 1.07 bits per heavy atom. The molecule has 0 aliphatic carbocycles. The molecule has 1 aliphatic heterocycles. The van der Waals surface area contributed by atoms with Crippen molar-refractivity contribution >= 4 is 11.1 Å². The highest BCUT2D eigenvalue weighted by Gasteiger charge is 2.29. The van der Waals surface area contributed by atoms with Crippen LogP contribution in [0.2, 0.25) is 0 Å². The predicted octanol–water partition coefficient (Wildman–Crippen LogP) is 3.37. The topological polar surface area (TPSA) is 54.5 Å². The average Bonchev–Trinajstić information content (AvgIpc) is 3.19. The third-order valence-corrected chi connectivity index (χ3v) is 5.77. The first kappa shape index (κ1) is 19.9. The van der Waals surface area contributed by atoms with Crippen molar-refractivity contribution in [1.82, 2.24) is 19.4 Å². The van der Waals surface area contributed by atoms with Crippen LogP contribution in [0.15, 0.2) is 51.9 Å². The van der Waals surface area contributed by atoms with Gasteiger partial charge in [-0.1, -0.05) is 44.2 Å². The van der Waals surface area contributed by atoms with Gasteiger partial charge < -0.3 is 9.32 Å². The largest absolute Gasteiger partial charge is 0.446 e. The van der Waals surface area contributed by atoms with Crippen LogP contribution in [0.1, 0.15) is 37.7 Å². The molecule has 1 aliphatic rings. The van der Waals surface area contributed by atoms with Crippen molar-refractivity contribution in [1.29, 1.82) is 0 Å². The summed E-state index contributed by atoms with van der Waals surface area (Å²) in [4.78, 5) is 23.1. The van der Waals surface area contributed by atoms with Gasteiger partial charge in [-0.2, -0.15) is 4.98 Å². The van der Waals surface area contributed by atoms with Gasteiger partial charge in [0.2, 0.25) is 5.71 Å². The highest BCUT2D eigenvalue weighted by molar-refractivity contribution is 5.71. The standard InChI is InChI=1S/C23H30N4O2/c1-17(2)15-20(26-12-10-25(3)11-13-26)21-24-22-19(9-14-29-22)23(28)27(21)16-18-7-5-4-6-8-18/h4-9,14,17,20H,10-13,15-16H2,1-3H3. The Kier molecular flexibility index (Phi) is 5.83. The van der Waals surface area contributed by atoms with E-state index in [4.69, 9.17) is 9.40 Å². The molecule has 3 heterocycles. The Morgan fingerprint density at radius 3 is 2.48 bits per heavy atom. The number of piperazine rings is 1. The predicted molar refractivity (Wildman–Crippen MR) is 115 cm³/mol. The van der Waals surface area contributed by atoms with Crippen LogP contribution in [0.25, 0.3) is 11.1 Å². The van der Waals surface area contributed by atoms with Crippen molar-refractivity contribution in [2.45, 2.75) is 32.9 Å². The lowest BCUT2D eigenvalue weighted by Gasteiger charge is -2.38. The smallest absolute Gasteiger partial charge is 0.265 e. The molecule has 0 saturated carbocycles. The summed E-state index contributed by atoms with van der Waals surface area (Å²) < 4.78 is 7.41. The average molecular weight is 395 g/mol. The van der Waals surface area contributed by atoms with Gasteiger partial charge in [-0.05, 0) is 31.0 Å². The van der Waals surface area contributed by atoms with E-state index in [1.807, 2.05) is 22.8 Å². The molecule has 6 heteroatoms. The molecule has 4 rings (SSSR count). The van der Waals surface area contributed by atoms with Crippen LogP contribution in [-0.4, -0.2) is 52.6 Å². The molecule has 6 nitrogen and oxygen atoms in total. The molecular formula is C23H30N4O2. The van der Waals surface area contributed by atoms with Gasteiger partial charge in [-0.25, -0.2) is 0 Å². The van der Waals surface area contributed by atoms with Crippen LogP contribution < -0.4 is 5.56 Å². The van der Waals surface area contributed by atoms with E-state index < -0.39 is 0 Å². The fourth-order valence-electron chi connectivity index (χ4n) is 4.14. The molecule has 0 bridgehead atoms. The fourth-order valence-corrected chi connectivity index (χ4v) is 4.14. The SMILES string of the molecule is CC(C)CC(c1nc2occc2c(=O)n1Cc1ccccc1)N1CCN(C)CC1. The van der Waals surface area contributed by atoms with E-state index in [0.717, 1.165) is 44.0 Å². The van der Waals surface area contributed by atoms with E-state index in [1.165, 1.54) is 0 Å². The summed E-state index contributed by atoms with van der Waals surface area (Å²) in [6.07, 6.45) is 2.51. The molecule has 2 aromatic heterocycles. The maximum atomic E-state index is 13.4. The number of fused-ring (bicyclic) bond motifs is 1. The number of hydrogen-bond donors (Lipinski definition) is 0. The monoisotopic (exact) mass is 394 g/mol. The van der Waals surface area contributed by atoms with Gasteiger partial charge in [0.05, 0.1) is 18.8 Å². The zero-order valence-electron chi connectivity index (χ0n) is 17.5. The number of hydrogen-bond acceptors (Lipinski definition) is 5. The summed E-state index contributed by atoms with van der Waals surface area (Å²) in [5.41, 5.74) is 1.52. The minimum absolute atomic E-state index is 0.0227. The highest BCUT2D eigenvalue weighted by Crippen LogP contribution is 2.28. The Hall–Kier alpha value is -2.44. The van der Waals surface area contributed by atoms with Gasteiger partial charge in [0.25, 0.3) is 5.56 Å². The minimum Gasteiger partial charge on any atom is -0.446 e. The third-order valence-electron chi connectivity index (χ3n) is 5.77. The molecule has 1 unspecified atom stereocenters. The molecule has 0 radical (unpaired) electrons. The van der Waals surface area contributed by atoms with Crippen LogP contribution in [0, 0.1) is 5.92 Å². The normalized spacial score (nSPS) is 17.2. The van der Waals surface area contributed by atoms with E-state index in [1.54, 1.807) is 12.3 Å². The van der Waals surface area contributed by atoms with Gasteiger partial charge in [0.15, 0.2) is 0 Å². The number of aromatic nitrogens is 2. The van der Waals surface area contributed by atoms with Crippen molar-refractivity contribution in [3.63, 3.8) is 0 Å². The second-order valence-corrected chi connectivity index (χ2v) is 8.47. The first-order valence-electron chi connectivity index (χ1n) is 10.5. The summed E-state index contributed by atoms with van der Waals surface area (Å²) in [6.45, 7) is 8.99. The van der Waals surface area contributed by atoms with Crippen LogP contribution in [-0.2, 0) is 6.54 Å². The molecule has 3 aromatic rings. The van der Waals surface area contributed by atoms with Crippen molar-refractivity contribution in [2.75, 3.05) is 33.2 Å². The van der Waals surface area contributed by atoms with Crippen molar-refractivity contribution in [3.8, 4) is 0 Å². The van der Waals surface area contributed by atoms with Crippen LogP contribution in [0.4, 0.5) is 0 Å². The molecule has 0 spiro atoms. The second kappa shape index (κ2) is 8.51. The molecule has 1 fully saturated rings. The Bertz CT molecular complexity index is 1000. The zero-order valence-corrected chi connectivity index (χ0v) is 17.5. The van der Waals surface area contributed by atoms with Crippen LogP contribution in [0.5, 0.6) is 0 Å². The Balaban J connectivity index is 1.82.